The monoisotopic (exact) mass is 161 g/mol. The van der Waals surface area contributed by atoms with E-state index in [0.29, 0.717) is 5.41 Å². The molecule has 0 aliphatic carbocycles. The first-order valence-electron chi connectivity index (χ1n) is 3.97. The number of unbranched alkanes of at least 4 members (excludes halogenated alkanes) is 2. The third-order valence-electron chi connectivity index (χ3n) is 1.72. The first kappa shape index (κ1) is 10.3. The summed E-state index contributed by atoms with van der Waals surface area (Å²) in [7, 11) is 0. The van der Waals surface area contributed by atoms with Gasteiger partial charge in [0.1, 0.15) is 0 Å². The molecule has 0 saturated heterocycles. The highest BCUT2D eigenvalue weighted by molar-refractivity contribution is 6.18. The first-order valence-corrected chi connectivity index (χ1v) is 4.51. The summed E-state index contributed by atoms with van der Waals surface area (Å²) in [5.41, 5.74) is 0.330. The summed E-state index contributed by atoms with van der Waals surface area (Å²) in [4.78, 5) is 0. The van der Waals surface area contributed by atoms with Crippen LogP contribution in [-0.2, 0) is 0 Å². The largest absolute Gasteiger partial charge is 0.126 e. The maximum Gasteiger partial charge on any atom is 0.0274 e. The number of alkyl halides is 1. The highest BCUT2D eigenvalue weighted by Crippen LogP contribution is 2.24. The lowest BCUT2D eigenvalue weighted by Gasteiger charge is -2.20. The fourth-order valence-corrected chi connectivity index (χ4v) is 0.981. The summed E-state index contributed by atoms with van der Waals surface area (Å²) in [5.74, 6) is 0.768. The molecule has 0 unspecified atom stereocenters. The van der Waals surface area contributed by atoms with Crippen molar-refractivity contribution in [1.82, 2.24) is 0 Å². The molecule has 0 N–H and O–H groups in total. The zero-order valence-electron chi connectivity index (χ0n) is 7.12. The van der Waals surface area contributed by atoms with Crippen LogP contribution in [0.4, 0.5) is 0 Å². The zero-order chi connectivity index (χ0) is 8.04. The Morgan fingerprint density at radius 3 is 2.30 bits per heavy atom. The fraction of sp³-hybridized carbons (Fsp3) is 0.889. The summed E-state index contributed by atoms with van der Waals surface area (Å²) >= 11 is 5.76. The lowest BCUT2D eigenvalue weighted by molar-refractivity contribution is 0.367. The van der Waals surface area contributed by atoms with Crippen molar-refractivity contribution in [3.8, 4) is 0 Å². The summed E-state index contributed by atoms with van der Waals surface area (Å²) in [6.07, 6.45) is 4.79. The highest BCUT2D eigenvalue weighted by Gasteiger charge is 2.14. The number of halogens is 1. The number of rotatable bonds is 5. The molecular formula is C9H18Cl. The minimum Gasteiger partial charge on any atom is -0.126 e. The molecule has 0 bridgehead atoms. The maximum absolute atomic E-state index is 5.76. The Morgan fingerprint density at radius 2 is 1.90 bits per heavy atom. The van der Waals surface area contributed by atoms with E-state index in [1.165, 1.54) is 19.3 Å². The second-order valence-corrected chi connectivity index (χ2v) is 3.88. The summed E-state index contributed by atoms with van der Waals surface area (Å²) in [6, 6.07) is 0. The van der Waals surface area contributed by atoms with Crippen LogP contribution in [0.5, 0.6) is 0 Å². The van der Waals surface area contributed by atoms with Gasteiger partial charge in [-0.3, -0.25) is 0 Å². The lowest BCUT2D eigenvalue weighted by Crippen LogP contribution is -2.12. The summed E-state index contributed by atoms with van der Waals surface area (Å²) in [5, 5.41) is 0. The Hall–Kier alpha value is 0.290. The van der Waals surface area contributed by atoms with Crippen molar-refractivity contribution in [1.29, 1.82) is 0 Å². The molecule has 1 heteroatoms. The van der Waals surface area contributed by atoms with Gasteiger partial charge in [-0.15, -0.1) is 11.6 Å². The fourth-order valence-electron chi connectivity index (χ4n) is 0.847. The highest BCUT2D eigenvalue weighted by atomic mass is 35.5. The van der Waals surface area contributed by atoms with Crippen molar-refractivity contribution in [2.75, 3.05) is 5.88 Å². The predicted molar refractivity (Wildman–Crippen MR) is 48.3 cm³/mol. The number of hydrogen-bond acceptors (Lipinski definition) is 0. The average molecular weight is 162 g/mol. The molecular weight excluding hydrogens is 144 g/mol. The van der Waals surface area contributed by atoms with E-state index in [9.17, 15) is 0 Å². The molecule has 10 heavy (non-hydrogen) atoms. The second kappa shape index (κ2) is 5.01. The van der Waals surface area contributed by atoms with Gasteiger partial charge in [-0.05, 0) is 11.8 Å². The van der Waals surface area contributed by atoms with Crippen LogP contribution in [0, 0.1) is 12.3 Å². The minimum absolute atomic E-state index is 0.330. The molecule has 0 aliphatic heterocycles. The van der Waals surface area contributed by atoms with E-state index in [4.69, 9.17) is 11.6 Å². The van der Waals surface area contributed by atoms with Crippen molar-refractivity contribution in [3.63, 3.8) is 0 Å². The second-order valence-electron chi connectivity index (χ2n) is 3.61. The van der Waals surface area contributed by atoms with E-state index in [1.54, 1.807) is 0 Å². The molecule has 0 amide bonds. The van der Waals surface area contributed by atoms with Gasteiger partial charge < -0.3 is 0 Å². The molecule has 0 aromatic rings. The molecule has 0 nitrogen and oxygen atoms in total. The van der Waals surface area contributed by atoms with E-state index in [-0.39, 0.29) is 0 Å². The Morgan fingerprint density at radius 1 is 1.30 bits per heavy atom. The van der Waals surface area contributed by atoms with Gasteiger partial charge in [0.05, 0.1) is 0 Å². The van der Waals surface area contributed by atoms with Gasteiger partial charge in [-0.1, -0.05) is 40.0 Å². The number of hydrogen-bond donors (Lipinski definition) is 0. The van der Waals surface area contributed by atoms with E-state index in [0.717, 1.165) is 12.3 Å². The van der Waals surface area contributed by atoms with Crippen LogP contribution < -0.4 is 0 Å². The topological polar surface area (TPSA) is 0 Å². The minimum atomic E-state index is 0.330. The van der Waals surface area contributed by atoms with Gasteiger partial charge in [0.25, 0.3) is 0 Å². The van der Waals surface area contributed by atoms with E-state index >= 15 is 0 Å². The van der Waals surface area contributed by atoms with Crippen LogP contribution in [-0.4, -0.2) is 5.88 Å². The molecule has 0 aromatic carbocycles. The van der Waals surface area contributed by atoms with E-state index < -0.39 is 0 Å². The Balaban J connectivity index is 3.28. The molecule has 1 radical (unpaired) electrons. The normalized spacial score (nSPS) is 12.0. The Kier molecular flexibility index (Phi) is 5.15. The van der Waals surface area contributed by atoms with Gasteiger partial charge in [-0.2, -0.15) is 0 Å². The van der Waals surface area contributed by atoms with Crippen molar-refractivity contribution in [2.45, 2.75) is 39.5 Å². The van der Waals surface area contributed by atoms with Crippen molar-refractivity contribution in [3.05, 3.63) is 6.92 Å². The molecule has 61 valence electrons. The predicted octanol–water partition coefficient (Wildman–Crippen LogP) is 3.65. The van der Waals surface area contributed by atoms with E-state index in [2.05, 4.69) is 20.8 Å². The SMILES string of the molecule is [CH2]CCCCC(C)(C)CCl. The summed E-state index contributed by atoms with van der Waals surface area (Å²) in [6.45, 7) is 8.22. The van der Waals surface area contributed by atoms with Gasteiger partial charge in [0, 0.05) is 5.88 Å². The van der Waals surface area contributed by atoms with Gasteiger partial charge in [-0.25, -0.2) is 0 Å². The Bertz CT molecular complexity index is 76.8. The standard InChI is InChI=1S/C9H18Cl/c1-4-5-6-7-9(2,3)8-10/h1,4-8H2,2-3H3. The van der Waals surface area contributed by atoms with Gasteiger partial charge >= 0.3 is 0 Å². The maximum atomic E-state index is 5.76. The van der Waals surface area contributed by atoms with Crippen molar-refractivity contribution < 1.29 is 0 Å². The smallest absolute Gasteiger partial charge is 0.0274 e. The third kappa shape index (κ3) is 5.10. The molecule has 0 rings (SSSR count). The average Bonchev–Trinajstić information content (AvgIpc) is 1.89. The van der Waals surface area contributed by atoms with Gasteiger partial charge in [0.2, 0.25) is 0 Å². The molecule has 0 aromatic heterocycles. The molecule has 0 aliphatic rings. The van der Waals surface area contributed by atoms with Crippen LogP contribution >= 0.6 is 11.6 Å². The van der Waals surface area contributed by atoms with Crippen LogP contribution in [0.15, 0.2) is 0 Å². The molecule has 0 heterocycles. The Labute approximate surface area is 70.0 Å². The van der Waals surface area contributed by atoms with Crippen LogP contribution in [0.25, 0.3) is 0 Å². The first-order chi connectivity index (χ1) is 4.62. The zero-order valence-corrected chi connectivity index (χ0v) is 7.88. The van der Waals surface area contributed by atoms with Crippen molar-refractivity contribution >= 4 is 11.6 Å². The van der Waals surface area contributed by atoms with Crippen molar-refractivity contribution in [2.24, 2.45) is 5.41 Å². The molecule has 0 spiro atoms. The van der Waals surface area contributed by atoms with Crippen LogP contribution in [0.3, 0.4) is 0 Å². The summed E-state index contributed by atoms with van der Waals surface area (Å²) < 4.78 is 0. The van der Waals surface area contributed by atoms with E-state index in [1.807, 2.05) is 0 Å². The quantitative estimate of drug-likeness (QED) is 0.427. The van der Waals surface area contributed by atoms with Gasteiger partial charge in [0.15, 0.2) is 0 Å². The van der Waals surface area contributed by atoms with Crippen LogP contribution in [0.2, 0.25) is 0 Å². The van der Waals surface area contributed by atoms with Crippen LogP contribution in [0.1, 0.15) is 39.5 Å². The third-order valence-corrected chi connectivity index (χ3v) is 2.44. The molecule has 0 saturated carbocycles. The molecule has 0 fully saturated rings. The molecule has 0 atom stereocenters. The lowest BCUT2D eigenvalue weighted by atomic mass is 9.89.